The first-order chi connectivity index (χ1) is 5.29. The van der Waals surface area contributed by atoms with Crippen LogP contribution in [0.15, 0.2) is 12.4 Å². The molecule has 0 saturated heterocycles. The lowest BCUT2D eigenvalue weighted by Crippen LogP contribution is -1.91. The summed E-state index contributed by atoms with van der Waals surface area (Å²) in [5.74, 6) is 0. The number of hydrogen-bond donors (Lipinski definition) is 0. The van der Waals surface area contributed by atoms with Gasteiger partial charge in [-0.05, 0) is 6.92 Å². The van der Waals surface area contributed by atoms with Gasteiger partial charge in [0.25, 0.3) is 0 Å². The molecule has 0 aliphatic heterocycles. The number of hydrogen-bond acceptors (Lipinski definition) is 3. The number of rotatable bonds is 0. The van der Waals surface area contributed by atoms with E-state index in [-0.39, 0.29) is 0 Å². The highest BCUT2D eigenvalue weighted by Crippen LogP contribution is 2.12. The van der Waals surface area contributed by atoms with E-state index >= 15 is 0 Å². The lowest BCUT2D eigenvalue weighted by Gasteiger charge is -1.92. The maximum absolute atomic E-state index is 4.09. The molecule has 0 aliphatic carbocycles. The van der Waals surface area contributed by atoms with Gasteiger partial charge >= 0.3 is 0 Å². The minimum Gasteiger partial charge on any atom is -0.266 e. The molecular weight excluding hydrogens is 140 g/mol. The second kappa shape index (κ2) is 2.02. The summed E-state index contributed by atoms with van der Waals surface area (Å²) in [6.45, 7) is 1.93. The molecule has 0 bridgehead atoms. The zero-order valence-corrected chi connectivity index (χ0v) is 6.44. The fourth-order valence-electron chi connectivity index (χ4n) is 1.10. The molecule has 0 N–H and O–H groups in total. The van der Waals surface area contributed by atoms with E-state index in [1.807, 2.05) is 14.0 Å². The third kappa shape index (κ3) is 0.790. The van der Waals surface area contributed by atoms with Gasteiger partial charge in [0.05, 0.1) is 23.6 Å². The molecule has 0 unspecified atom stereocenters. The topological polar surface area (TPSA) is 43.6 Å². The summed E-state index contributed by atoms with van der Waals surface area (Å²) in [5, 5.41) is 12.9. The number of nitrogens with zero attached hydrogens (tertiary/aromatic N) is 4. The molecule has 0 amide bonds. The SMILES string of the molecule is Cc1nncc2c1cnn2C. The van der Waals surface area contributed by atoms with Gasteiger partial charge in [-0.3, -0.25) is 4.68 Å². The van der Waals surface area contributed by atoms with E-state index in [9.17, 15) is 0 Å². The van der Waals surface area contributed by atoms with Crippen LogP contribution in [-0.4, -0.2) is 20.0 Å². The quantitative estimate of drug-likeness (QED) is 0.551. The third-order valence-corrected chi connectivity index (χ3v) is 1.76. The van der Waals surface area contributed by atoms with Crippen molar-refractivity contribution < 1.29 is 0 Å². The van der Waals surface area contributed by atoms with Gasteiger partial charge in [-0.1, -0.05) is 0 Å². The van der Waals surface area contributed by atoms with E-state index in [2.05, 4.69) is 15.3 Å². The molecule has 2 rings (SSSR count). The number of aryl methyl sites for hydroxylation is 2. The minimum atomic E-state index is 0.926. The summed E-state index contributed by atoms with van der Waals surface area (Å²) in [6, 6.07) is 0. The highest BCUT2D eigenvalue weighted by Gasteiger charge is 2.01. The first kappa shape index (κ1) is 6.27. The second-order valence-corrected chi connectivity index (χ2v) is 2.50. The maximum Gasteiger partial charge on any atom is 0.0899 e. The molecule has 56 valence electrons. The van der Waals surface area contributed by atoms with Crippen molar-refractivity contribution in [3.63, 3.8) is 0 Å². The lowest BCUT2D eigenvalue weighted by atomic mass is 10.3. The molecule has 0 radical (unpaired) electrons. The maximum atomic E-state index is 4.09. The molecule has 0 fully saturated rings. The van der Waals surface area contributed by atoms with Crippen LogP contribution in [-0.2, 0) is 7.05 Å². The van der Waals surface area contributed by atoms with Gasteiger partial charge in [-0.2, -0.15) is 15.3 Å². The highest BCUT2D eigenvalue weighted by atomic mass is 15.3. The normalized spacial score (nSPS) is 10.7. The fourth-order valence-corrected chi connectivity index (χ4v) is 1.10. The van der Waals surface area contributed by atoms with Gasteiger partial charge in [0.15, 0.2) is 0 Å². The molecule has 0 saturated carbocycles. The fraction of sp³-hybridized carbons (Fsp3) is 0.286. The van der Waals surface area contributed by atoms with E-state index in [4.69, 9.17) is 0 Å². The molecule has 0 spiro atoms. The Balaban J connectivity index is 2.94. The van der Waals surface area contributed by atoms with Crippen LogP contribution in [0.1, 0.15) is 5.69 Å². The first-order valence-electron chi connectivity index (χ1n) is 3.39. The average molecular weight is 148 g/mol. The van der Waals surface area contributed by atoms with E-state index in [0.717, 1.165) is 16.6 Å². The zero-order valence-electron chi connectivity index (χ0n) is 6.44. The first-order valence-corrected chi connectivity index (χ1v) is 3.39. The molecule has 4 heteroatoms. The Bertz CT molecular complexity index is 390. The standard InChI is InChI=1S/C7H8N4/c1-5-6-3-9-11(2)7(6)4-8-10-5/h3-4H,1-2H3. The predicted molar refractivity (Wildman–Crippen MR) is 41.0 cm³/mol. The Morgan fingerprint density at radius 3 is 2.91 bits per heavy atom. The summed E-state index contributed by atoms with van der Waals surface area (Å²) in [7, 11) is 1.89. The van der Waals surface area contributed by atoms with Crippen molar-refractivity contribution in [3.8, 4) is 0 Å². The summed E-state index contributed by atoms with van der Waals surface area (Å²) >= 11 is 0. The van der Waals surface area contributed by atoms with Gasteiger partial charge in [0.1, 0.15) is 0 Å². The van der Waals surface area contributed by atoms with Crippen LogP contribution in [0, 0.1) is 6.92 Å². The van der Waals surface area contributed by atoms with Crippen LogP contribution < -0.4 is 0 Å². The van der Waals surface area contributed by atoms with E-state index in [1.54, 1.807) is 17.1 Å². The largest absolute Gasteiger partial charge is 0.266 e. The van der Waals surface area contributed by atoms with Gasteiger partial charge in [-0.25, -0.2) is 0 Å². The van der Waals surface area contributed by atoms with Crippen LogP contribution in [0.4, 0.5) is 0 Å². The van der Waals surface area contributed by atoms with Gasteiger partial charge in [0, 0.05) is 12.4 Å². The van der Waals surface area contributed by atoms with E-state index in [0.29, 0.717) is 0 Å². The van der Waals surface area contributed by atoms with Gasteiger partial charge in [-0.15, -0.1) is 0 Å². The average Bonchev–Trinajstić information content (AvgIpc) is 2.35. The Hall–Kier alpha value is -1.45. The second-order valence-electron chi connectivity index (χ2n) is 2.50. The molecule has 2 aromatic heterocycles. The summed E-state index contributed by atoms with van der Waals surface area (Å²) in [4.78, 5) is 0. The smallest absolute Gasteiger partial charge is 0.0899 e. The summed E-state index contributed by atoms with van der Waals surface area (Å²) in [5.41, 5.74) is 1.95. The molecule has 11 heavy (non-hydrogen) atoms. The van der Waals surface area contributed by atoms with E-state index < -0.39 is 0 Å². The number of aromatic nitrogens is 4. The highest BCUT2D eigenvalue weighted by molar-refractivity contribution is 5.79. The third-order valence-electron chi connectivity index (χ3n) is 1.76. The summed E-state index contributed by atoms with van der Waals surface area (Å²) in [6.07, 6.45) is 3.52. The minimum absolute atomic E-state index is 0.926. The van der Waals surface area contributed by atoms with Crippen molar-refractivity contribution in [2.45, 2.75) is 6.92 Å². The molecule has 0 aliphatic rings. The molecule has 0 atom stereocenters. The van der Waals surface area contributed by atoms with Crippen molar-refractivity contribution in [2.75, 3.05) is 0 Å². The van der Waals surface area contributed by atoms with Crippen LogP contribution in [0.25, 0.3) is 10.9 Å². The Morgan fingerprint density at radius 2 is 2.18 bits per heavy atom. The van der Waals surface area contributed by atoms with Crippen molar-refractivity contribution >= 4 is 10.9 Å². The van der Waals surface area contributed by atoms with Crippen LogP contribution in [0.2, 0.25) is 0 Å². The Labute approximate surface area is 63.9 Å². The molecule has 4 nitrogen and oxygen atoms in total. The van der Waals surface area contributed by atoms with Crippen LogP contribution >= 0.6 is 0 Å². The molecular formula is C7H8N4. The van der Waals surface area contributed by atoms with Crippen molar-refractivity contribution in [2.24, 2.45) is 7.05 Å². The zero-order chi connectivity index (χ0) is 7.84. The summed E-state index contributed by atoms with van der Waals surface area (Å²) < 4.78 is 1.79. The van der Waals surface area contributed by atoms with Gasteiger partial charge in [0.2, 0.25) is 0 Å². The van der Waals surface area contributed by atoms with Crippen LogP contribution in [0.5, 0.6) is 0 Å². The van der Waals surface area contributed by atoms with E-state index in [1.165, 1.54) is 0 Å². The van der Waals surface area contributed by atoms with Gasteiger partial charge < -0.3 is 0 Å². The molecule has 0 aromatic carbocycles. The predicted octanol–water partition coefficient (Wildman–Crippen LogP) is 0.672. The van der Waals surface area contributed by atoms with Crippen LogP contribution in [0.3, 0.4) is 0 Å². The van der Waals surface area contributed by atoms with Crippen molar-refractivity contribution in [3.05, 3.63) is 18.1 Å². The molecule has 2 aromatic rings. The van der Waals surface area contributed by atoms with Crippen molar-refractivity contribution in [1.29, 1.82) is 0 Å². The monoisotopic (exact) mass is 148 g/mol. The molecule has 2 heterocycles. The Kier molecular flexibility index (Phi) is 1.15. The van der Waals surface area contributed by atoms with Crippen molar-refractivity contribution in [1.82, 2.24) is 20.0 Å². The lowest BCUT2D eigenvalue weighted by molar-refractivity contribution is 0.793. The number of fused-ring (bicyclic) bond motifs is 1. The Morgan fingerprint density at radius 1 is 1.36 bits per heavy atom.